The number of nitrogen functional groups attached to an aromatic ring is 1. The lowest BCUT2D eigenvalue weighted by molar-refractivity contribution is -0.128. The van der Waals surface area contributed by atoms with Crippen LogP contribution in [0.25, 0.3) is 0 Å². The standard InChI is InChI=1S/C21H24N2O2/c1-2-13-3-6-15(7-4-13)23-16-8-9-17(20(25)12-16)21(23)14-5-10-19(24)18(22)11-14/h3-7,10-11,16-17,21,24H,2,8-9,12,22H2,1H3. The van der Waals surface area contributed by atoms with E-state index in [2.05, 4.69) is 36.1 Å². The fraction of sp³-hybridized carbons (Fsp3) is 0.381. The van der Waals surface area contributed by atoms with Crippen molar-refractivity contribution < 1.29 is 9.90 Å². The number of phenolic OH excluding ortho intramolecular Hbond substituents is 1. The van der Waals surface area contributed by atoms with Crippen LogP contribution in [0.2, 0.25) is 0 Å². The first kappa shape index (κ1) is 16.0. The third kappa shape index (κ3) is 2.66. The minimum absolute atomic E-state index is 0.000190. The molecule has 5 rings (SSSR count). The van der Waals surface area contributed by atoms with Crippen LogP contribution in [-0.4, -0.2) is 16.9 Å². The van der Waals surface area contributed by atoms with Gasteiger partial charge in [-0.2, -0.15) is 0 Å². The van der Waals surface area contributed by atoms with Gasteiger partial charge >= 0.3 is 0 Å². The van der Waals surface area contributed by atoms with Gasteiger partial charge in [-0.1, -0.05) is 25.1 Å². The summed E-state index contributed by atoms with van der Waals surface area (Å²) in [5, 5.41) is 9.76. The van der Waals surface area contributed by atoms with E-state index in [-0.39, 0.29) is 23.8 Å². The molecule has 1 aliphatic carbocycles. The Morgan fingerprint density at radius 1 is 1.16 bits per heavy atom. The molecule has 3 unspecified atom stereocenters. The molecule has 4 nitrogen and oxygen atoms in total. The normalized spacial score (nSPS) is 25.4. The maximum Gasteiger partial charge on any atom is 0.140 e. The predicted molar refractivity (Wildman–Crippen MR) is 99.7 cm³/mol. The van der Waals surface area contributed by atoms with Crippen molar-refractivity contribution in [2.75, 3.05) is 10.6 Å². The summed E-state index contributed by atoms with van der Waals surface area (Å²) >= 11 is 0. The van der Waals surface area contributed by atoms with Crippen molar-refractivity contribution in [1.82, 2.24) is 0 Å². The third-order valence-corrected chi connectivity index (χ3v) is 5.77. The largest absolute Gasteiger partial charge is 0.506 e. The lowest BCUT2D eigenvalue weighted by Crippen LogP contribution is -2.54. The van der Waals surface area contributed by atoms with Crippen molar-refractivity contribution in [2.24, 2.45) is 5.92 Å². The van der Waals surface area contributed by atoms with Crippen molar-refractivity contribution >= 4 is 17.2 Å². The molecule has 0 spiro atoms. The Balaban J connectivity index is 1.78. The van der Waals surface area contributed by atoms with Gasteiger partial charge in [-0.25, -0.2) is 0 Å². The van der Waals surface area contributed by atoms with Crippen molar-refractivity contribution in [1.29, 1.82) is 0 Å². The van der Waals surface area contributed by atoms with E-state index in [0.29, 0.717) is 17.9 Å². The van der Waals surface area contributed by atoms with Gasteiger partial charge < -0.3 is 15.7 Å². The molecular formula is C21H24N2O2. The molecule has 3 atom stereocenters. The zero-order valence-corrected chi connectivity index (χ0v) is 14.5. The van der Waals surface area contributed by atoms with Crippen LogP contribution < -0.4 is 10.6 Å². The van der Waals surface area contributed by atoms with Crippen molar-refractivity contribution in [3.05, 3.63) is 53.6 Å². The molecule has 3 aliphatic rings. The topological polar surface area (TPSA) is 66.6 Å². The molecule has 2 saturated heterocycles. The number of fused-ring (bicyclic) bond motifs is 3. The number of hydrogen-bond acceptors (Lipinski definition) is 4. The molecule has 25 heavy (non-hydrogen) atoms. The quantitative estimate of drug-likeness (QED) is 0.660. The number of nitrogens with zero attached hydrogens (tertiary/aromatic N) is 1. The summed E-state index contributed by atoms with van der Waals surface area (Å²) in [6, 6.07) is 14.3. The van der Waals surface area contributed by atoms with E-state index in [1.54, 1.807) is 6.07 Å². The van der Waals surface area contributed by atoms with E-state index in [9.17, 15) is 9.90 Å². The molecule has 2 heterocycles. The van der Waals surface area contributed by atoms with Crippen LogP contribution >= 0.6 is 0 Å². The van der Waals surface area contributed by atoms with Crippen LogP contribution in [0.3, 0.4) is 0 Å². The molecule has 0 radical (unpaired) electrons. The monoisotopic (exact) mass is 336 g/mol. The van der Waals surface area contributed by atoms with Crippen LogP contribution in [0.1, 0.15) is 43.4 Å². The number of aromatic hydroxyl groups is 1. The Kier molecular flexibility index (Phi) is 3.91. The predicted octanol–water partition coefficient (Wildman–Crippen LogP) is 3.84. The average molecular weight is 336 g/mol. The summed E-state index contributed by atoms with van der Waals surface area (Å²) in [4.78, 5) is 15.0. The van der Waals surface area contributed by atoms with E-state index in [1.807, 2.05) is 12.1 Å². The lowest BCUT2D eigenvalue weighted by Gasteiger charge is -2.52. The fourth-order valence-electron chi connectivity index (χ4n) is 4.44. The molecule has 4 heteroatoms. The summed E-state index contributed by atoms with van der Waals surface area (Å²) < 4.78 is 0. The Morgan fingerprint density at radius 2 is 1.92 bits per heavy atom. The number of rotatable bonds is 3. The number of phenols is 1. The highest BCUT2D eigenvalue weighted by Crippen LogP contribution is 2.48. The highest BCUT2D eigenvalue weighted by molar-refractivity contribution is 5.86. The minimum Gasteiger partial charge on any atom is -0.506 e. The van der Waals surface area contributed by atoms with Crippen molar-refractivity contribution in [3.8, 4) is 5.75 Å². The number of Topliss-reactive ketones (excluding diaryl/α,β-unsaturated/α-hetero) is 1. The molecule has 130 valence electrons. The number of carbonyl (C=O) groups excluding carboxylic acids is 1. The fourth-order valence-corrected chi connectivity index (χ4v) is 4.44. The molecule has 2 aliphatic heterocycles. The smallest absolute Gasteiger partial charge is 0.140 e. The van der Waals surface area contributed by atoms with Gasteiger partial charge in [0, 0.05) is 24.1 Å². The van der Waals surface area contributed by atoms with Gasteiger partial charge in [0.25, 0.3) is 0 Å². The van der Waals surface area contributed by atoms with Crippen LogP contribution in [0.4, 0.5) is 11.4 Å². The van der Waals surface area contributed by atoms with Gasteiger partial charge in [-0.15, -0.1) is 0 Å². The van der Waals surface area contributed by atoms with E-state index in [0.717, 1.165) is 30.5 Å². The van der Waals surface area contributed by atoms with E-state index < -0.39 is 0 Å². The SMILES string of the molecule is CCc1ccc(N2C3CCC(C(=O)C3)C2c2ccc(O)c(N)c2)cc1. The molecular weight excluding hydrogens is 312 g/mol. The van der Waals surface area contributed by atoms with Gasteiger partial charge in [-0.05, 0) is 54.7 Å². The first-order chi connectivity index (χ1) is 12.1. The van der Waals surface area contributed by atoms with Crippen LogP contribution in [0.5, 0.6) is 5.75 Å². The number of carbonyl (C=O) groups is 1. The molecule has 0 amide bonds. The Bertz CT molecular complexity index is 800. The second kappa shape index (κ2) is 6.10. The maximum atomic E-state index is 12.6. The first-order valence-corrected chi connectivity index (χ1v) is 9.07. The summed E-state index contributed by atoms with van der Waals surface area (Å²) in [5.41, 5.74) is 9.78. The molecule has 0 aromatic heterocycles. The number of piperidine rings is 2. The number of hydrogen-bond donors (Lipinski definition) is 2. The Hall–Kier alpha value is -2.49. The summed E-state index contributed by atoms with van der Waals surface area (Å²) in [6.45, 7) is 2.15. The summed E-state index contributed by atoms with van der Waals surface area (Å²) in [7, 11) is 0. The van der Waals surface area contributed by atoms with Crippen LogP contribution in [0, 0.1) is 5.92 Å². The number of aryl methyl sites for hydroxylation is 1. The van der Waals surface area contributed by atoms with E-state index in [4.69, 9.17) is 5.73 Å². The van der Waals surface area contributed by atoms with Gasteiger partial charge in [0.1, 0.15) is 11.5 Å². The molecule has 2 aromatic rings. The minimum atomic E-state index is -0.00428. The number of benzene rings is 2. The summed E-state index contributed by atoms with van der Waals surface area (Å²) in [6.07, 6.45) is 3.63. The van der Waals surface area contributed by atoms with Gasteiger partial charge in [0.15, 0.2) is 0 Å². The lowest BCUT2D eigenvalue weighted by atomic mass is 9.71. The Morgan fingerprint density at radius 3 is 2.56 bits per heavy atom. The first-order valence-electron chi connectivity index (χ1n) is 9.07. The highest BCUT2D eigenvalue weighted by Gasteiger charge is 2.47. The van der Waals surface area contributed by atoms with Crippen LogP contribution in [-0.2, 0) is 11.2 Å². The summed E-state index contributed by atoms with van der Waals surface area (Å²) in [5.74, 6) is 0.448. The highest BCUT2D eigenvalue weighted by atomic mass is 16.3. The maximum absolute atomic E-state index is 12.6. The number of nitrogens with two attached hydrogens (primary N) is 1. The van der Waals surface area contributed by atoms with Crippen molar-refractivity contribution in [3.63, 3.8) is 0 Å². The molecule has 3 fully saturated rings. The zero-order valence-electron chi connectivity index (χ0n) is 14.5. The molecule has 1 saturated carbocycles. The Labute approximate surface area is 148 Å². The third-order valence-electron chi connectivity index (χ3n) is 5.77. The van der Waals surface area contributed by atoms with E-state index in [1.165, 1.54) is 5.56 Å². The molecule has 2 bridgehead atoms. The molecule has 3 N–H and O–H groups in total. The second-order valence-electron chi connectivity index (χ2n) is 7.20. The molecule has 2 aromatic carbocycles. The average Bonchev–Trinajstić information content (AvgIpc) is 2.64. The van der Waals surface area contributed by atoms with Gasteiger partial charge in [0.2, 0.25) is 0 Å². The van der Waals surface area contributed by atoms with E-state index >= 15 is 0 Å². The number of anilines is 2. The van der Waals surface area contributed by atoms with Crippen molar-refractivity contribution in [2.45, 2.75) is 44.7 Å². The zero-order chi connectivity index (χ0) is 17.6. The van der Waals surface area contributed by atoms with Crippen LogP contribution in [0.15, 0.2) is 42.5 Å². The van der Waals surface area contributed by atoms with Gasteiger partial charge in [-0.3, -0.25) is 4.79 Å². The second-order valence-corrected chi connectivity index (χ2v) is 7.20. The van der Waals surface area contributed by atoms with Gasteiger partial charge in [0.05, 0.1) is 11.7 Å². The number of ketones is 1.